The molecule has 0 atom stereocenters. The molecule has 16 heavy (non-hydrogen) atoms. The van der Waals surface area contributed by atoms with E-state index in [-0.39, 0.29) is 5.41 Å². The molecule has 1 aromatic heterocycles. The van der Waals surface area contributed by atoms with Gasteiger partial charge in [-0.15, -0.1) is 0 Å². The molecule has 3 heteroatoms. The summed E-state index contributed by atoms with van der Waals surface area (Å²) in [6.45, 7) is 14.2. The first kappa shape index (κ1) is 13.0. The zero-order valence-corrected chi connectivity index (χ0v) is 11.1. The Morgan fingerprint density at radius 1 is 1.50 bits per heavy atom. The van der Waals surface area contributed by atoms with E-state index in [0.29, 0.717) is 0 Å². The molecule has 1 N–H and O–H groups in total. The topological polar surface area (TPSA) is 29.9 Å². The standard InChI is InChI=1S/C13H23N3/c1-10(2)7-14-8-11-9-16(6)15-12(11)13(3,4)5/h9,14H,1,7-8H2,2-6H3. The second-order valence-electron chi connectivity index (χ2n) is 5.49. The van der Waals surface area contributed by atoms with Gasteiger partial charge >= 0.3 is 0 Å². The van der Waals surface area contributed by atoms with Crippen molar-refractivity contribution >= 4 is 0 Å². The van der Waals surface area contributed by atoms with Crippen molar-refractivity contribution in [1.29, 1.82) is 0 Å². The van der Waals surface area contributed by atoms with Crippen molar-refractivity contribution in [3.63, 3.8) is 0 Å². The maximum Gasteiger partial charge on any atom is 0.0722 e. The van der Waals surface area contributed by atoms with E-state index < -0.39 is 0 Å². The van der Waals surface area contributed by atoms with Crippen molar-refractivity contribution in [2.24, 2.45) is 7.05 Å². The summed E-state index contributed by atoms with van der Waals surface area (Å²) in [4.78, 5) is 0. The minimum Gasteiger partial charge on any atom is -0.309 e. The second kappa shape index (κ2) is 4.83. The first-order valence-corrected chi connectivity index (χ1v) is 5.69. The van der Waals surface area contributed by atoms with Crippen LogP contribution in [-0.2, 0) is 19.0 Å². The van der Waals surface area contributed by atoms with E-state index in [1.807, 2.05) is 18.7 Å². The average molecular weight is 221 g/mol. The maximum absolute atomic E-state index is 4.53. The zero-order chi connectivity index (χ0) is 12.3. The molecule has 0 saturated carbocycles. The van der Waals surface area contributed by atoms with Gasteiger partial charge in [-0.05, 0) is 6.92 Å². The smallest absolute Gasteiger partial charge is 0.0722 e. The molecule has 0 aliphatic rings. The van der Waals surface area contributed by atoms with E-state index in [0.717, 1.165) is 18.7 Å². The third-order valence-corrected chi connectivity index (χ3v) is 2.36. The fourth-order valence-corrected chi connectivity index (χ4v) is 1.71. The van der Waals surface area contributed by atoms with E-state index in [2.05, 4.69) is 44.0 Å². The van der Waals surface area contributed by atoms with Crippen LogP contribution in [0.1, 0.15) is 39.0 Å². The molecule has 0 bridgehead atoms. The summed E-state index contributed by atoms with van der Waals surface area (Å²) in [5.41, 5.74) is 3.70. The minimum atomic E-state index is 0.0987. The number of nitrogens with one attached hydrogen (secondary N) is 1. The Labute approximate surface area is 98.5 Å². The van der Waals surface area contributed by atoms with Crippen LogP contribution in [0.5, 0.6) is 0 Å². The van der Waals surface area contributed by atoms with Gasteiger partial charge in [-0.3, -0.25) is 4.68 Å². The van der Waals surface area contributed by atoms with Crippen molar-refractivity contribution in [2.75, 3.05) is 6.54 Å². The van der Waals surface area contributed by atoms with Crippen LogP contribution in [0.4, 0.5) is 0 Å². The monoisotopic (exact) mass is 221 g/mol. The van der Waals surface area contributed by atoms with Gasteiger partial charge in [-0.2, -0.15) is 5.10 Å². The van der Waals surface area contributed by atoms with Crippen molar-refractivity contribution in [2.45, 2.75) is 39.7 Å². The Kier molecular flexibility index (Phi) is 3.92. The van der Waals surface area contributed by atoms with Crippen molar-refractivity contribution < 1.29 is 0 Å². The van der Waals surface area contributed by atoms with Crippen LogP contribution in [0.2, 0.25) is 0 Å². The molecule has 0 saturated heterocycles. The lowest BCUT2D eigenvalue weighted by Gasteiger charge is -2.17. The molecule has 0 aliphatic heterocycles. The Balaban J connectivity index is 2.75. The Hall–Kier alpha value is -1.09. The van der Waals surface area contributed by atoms with Crippen LogP contribution in [0.3, 0.4) is 0 Å². The molecule has 0 radical (unpaired) electrons. The van der Waals surface area contributed by atoms with E-state index in [1.165, 1.54) is 11.3 Å². The fourth-order valence-electron chi connectivity index (χ4n) is 1.71. The van der Waals surface area contributed by atoms with Gasteiger partial charge in [0.05, 0.1) is 5.69 Å². The van der Waals surface area contributed by atoms with Crippen molar-refractivity contribution in [3.05, 3.63) is 29.6 Å². The van der Waals surface area contributed by atoms with Gasteiger partial charge in [0.25, 0.3) is 0 Å². The molecule has 1 aromatic rings. The van der Waals surface area contributed by atoms with Gasteiger partial charge in [0, 0.05) is 37.3 Å². The van der Waals surface area contributed by atoms with Crippen LogP contribution in [-0.4, -0.2) is 16.3 Å². The molecule has 0 fully saturated rings. The lowest BCUT2D eigenvalue weighted by atomic mass is 9.89. The highest BCUT2D eigenvalue weighted by molar-refractivity contribution is 5.24. The maximum atomic E-state index is 4.53. The van der Waals surface area contributed by atoms with Gasteiger partial charge in [-0.1, -0.05) is 32.9 Å². The summed E-state index contributed by atoms with van der Waals surface area (Å²) in [5.74, 6) is 0. The molecule has 90 valence electrons. The highest BCUT2D eigenvalue weighted by atomic mass is 15.3. The van der Waals surface area contributed by atoms with Crippen LogP contribution in [0, 0.1) is 0 Å². The van der Waals surface area contributed by atoms with E-state index in [4.69, 9.17) is 0 Å². The summed E-state index contributed by atoms with van der Waals surface area (Å²) in [6.07, 6.45) is 2.09. The number of hydrogen-bond acceptors (Lipinski definition) is 2. The van der Waals surface area contributed by atoms with Gasteiger partial charge in [0.2, 0.25) is 0 Å². The van der Waals surface area contributed by atoms with Crippen LogP contribution in [0.15, 0.2) is 18.3 Å². The molecular formula is C13H23N3. The van der Waals surface area contributed by atoms with Gasteiger partial charge in [0.1, 0.15) is 0 Å². The minimum absolute atomic E-state index is 0.0987. The third-order valence-electron chi connectivity index (χ3n) is 2.36. The summed E-state index contributed by atoms with van der Waals surface area (Å²) >= 11 is 0. The molecule has 0 unspecified atom stereocenters. The van der Waals surface area contributed by atoms with Gasteiger partial charge < -0.3 is 5.32 Å². The predicted molar refractivity (Wildman–Crippen MR) is 68.4 cm³/mol. The molecule has 0 aliphatic carbocycles. The number of aromatic nitrogens is 2. The summed E-state index contributed by atoms with van der Waals surface area (Å²) < 4.78 is 1.89. The predicted octanol–water partition coefficient (Wildman–Crippen LogP) is 2.38. The Morgan fingerprint density at radius 3 is 2.62 bits per heavy atom. The van der Waals surface area contributed by atoms with E-state index in [1.54, 1.807) is 0 Å². The quantitative estimate of drug-likeness (QED) is 0.791. The van der Waals surface area contributed by atoms with Gasteiger partial charge in [0.15, 0.2) is 0 Å². The lowest BCUT2D eigenvalue weighted by molar-refractivity contribution is 0.545. The number of rotatable bonds is 4. The number of nitrogens with zero attached hydrogens (tertiary/aromatic N) is 2. The van der Waals surface area contributed by atoms with Crippen molar-refractivity contribution in [3.8, 4) is 0 Å². The normalized spacial score (nSPS) is 11.8. The second-order valence-corrected chi connectivity index (χ2v) is 5.49. The Morgan fingerprint density at radius 2 is 2.12 bits per heavy atom. The number of hydrogen-bond donors (Lipinski definition) is 1. The van der Waals surface area contributed by atoms with Crippen molar-refractivity contribution in [1.82, 2.24) is 15.1 Å². The molecule has 0 aromatic carbocycles. The van der Waals surface area contributed by atoms with Crippen LogP contribution >= 0.6 is 0 Å². The fraction of sp³-hybridized carbons (Fsp3) is 0.615. The molecule has 3 nitrogen and oxygen atoms in total. The largest absolute Gasteiger partial charge is 0.309 e. The van der Waals surface area contributed by atoms with E-state index >= 15 is 0 Å². The average Bonchev–Trinajstić information content (AvgIpc) is 2.45. The molecular weight excluding hydrogens is 198 g/mol. The first-order chi connectivity index (χ1) is 7.30. The Bertz CT molecular complexity index is 369. The first-order valence-electron chi connectivity index (χ1n) is 5.69. The molecule has 0 spiro atoms. The number of aryl methyl sites for hydroxylation is 1. The van der Waals surface area contributed by atoms with Crippen LogP contribution in [0.25, 0.3) is 0 Å². The SMILES string of the molecule is C=C(C)CNCc1cn(C)nc1C(C)(C)C. The molecule has 0 amide bonds. The van der Waals surface area contributed by atoms with Gasteiger partial charge in [-0.25, -0.2) is 0 Å². The molecule has 1 rings (SSSR count). The third kappa shape index (κ3) is 3.49. The summed E-state index contributed by atoms with van der Waals surface area (Å²) in [5, 5.41) is 7.91. The summed E-state index contributed by atoms with van der Waals surface area (Å²) in [6, 6.07) is 0. The van der Waals surface area contributed by atoms with Crippen LogP contribution < -0.4 is 5.32 Å². The van der Waals surface area contributed by atoms with E-state index in [9.17, 15) is 0 Å². The highest BCUT2D eigenvalue weighted by Crippen LogP contribution is 2.23. The lowest BCUT2D eigenvalue weighted by Crippen LogP contribution is -2.20. The summed E-state index contributed by atoms with van der Waals surface area (Å²) in [7, 11) is 1.97. The zero-order valence-electron chi connectivity index (χ0n) is 11.1. The highest BCUT2D eigenvalue weighted by Gasteiger charge is 2.21. The molecule has 1 heterocycles.